The largest absolute Gasteiger partial charge is 0.0622 e. The highest BCUT2D eigenvalue weighted by Crippen LogP contribution is 2.47. The molecule has 0 amide bonds. The average molecular weight is 435 g/mol. The maximum atomic E-state index is 2.49. The van der Waals surface area contributed by atoms with E-state index in [1.807, 2.05) is 0 Å². The molecule has 4 aromatic rings. The van der Waals surface area contributed by atoms with Crippen LogP contribution < -0.4 is 15.9 Å². The minimum atomic E-state index is -0.579. The van der Waals surface area contributed by atoms with Crippen LogP contribution in [0.2, 0.25) is 0 Å². The van der Waals surface area contributed by atoms with E-state index < -0.39 is 7.92 Å². The van der Waals surface area contributed by atoms with Gasteiger partial charge < -0.3 is 0 Å². The molecule has 0 radical (unpaired) electrons. The Labute approximate surface area is 194 Å². The van der Waals surface area contributed by atoms with Gasteiger partial charge in [-0.05, 0) is 65.6 Å². The van der Waals surface area contributed by atoms with Crippen LogP contribution in [0, 0.1) is 5.92 Å². The summed E-state index contributed by atoms with van der Waals surface area (Å²) >= 11 is 0. The second kappa shape index (κ2) is 9.85. The number of benzene rings is 4. The minimum Gasteiger partial charge on any atom is -0.0622 e. The van der Waals surface area contributed by atoms with Crippen LogP contribution in [0.3, 0.4) is 0 Å². The van der Waals surface area contributed by atoms with Crippen molar-refractivity contribution in [3.63, 3.8) is 0 Å². The smallest absolute Gasteiger partial charge is 0.0116 e. The van der Waals surface area contributed by atoms with E-state index in [0.29, 0.717) is 17.8 Å². The van der Waals surface area contributed by atoms with E-state index in [-0.39, 0.29) is 0 Å². The fourth-order valence-electron chi connectivity index (χ4n) is 5.56. The first kappa shape index (κ1) is 21.2. The Bertz CT molecular complexity index is 1080. The third-order valence-electron chi connectivity index (χ3n) is 7.13. The normalized spacial score (nSPS) is 20.9. The van der Waals surface area contributed by atoms with E-state index in [0.717, 1.165) is 0 Å². The molecule has 1 fully saturated rings. The summed E-state index contributed by atoms with van der Waals surface area (Å²) in [4.78, 5) is 0. The number of hydrogen-bond donors (Lipinski definition) is 0. The fraction of sp³-hybridized carbons (Fsp3) is 0.226. The fourth-order valence-corrected chi connectivity index (χ4v) is 8.09. The van der Waals surface area contributed by atoms with Crippen LogP contribution in [0.4, 0.5) is 0 Å². The highest BCUT2D eigenvalue weighted by atomic mass is 31.1. The highest BCUT2D eigenvalue weighted by molar-refractivity contribution is 7.79. The Hall–Kier alpha value is -2.69. The van der Waals surface area contributed by atoms with E-state index in [4.69, 9.17) is 0 Å². The van der Waals surface area contributed by atoms with Crippen molar-refractivity contribution in [2.24, 2.45) is 5.92 Å². The van der Waals surface area contributed by atoms with Crippen LogP contribution in [0.5, 0.6) is 0 Å². The molecule has 1 aliphatic rings. The molecule has 0 aliphatic heterocycles. The minimum absolute atomic E-state index is 0.579. The summed E-state index contributed by atoms with van der Waals surface area (Å²) in [6, 6.07) is 42.7. The van der Waals surface area contributed by atoms with Crippen LogP contribution >= 0.6 is 7.92 Å². The zero-order chi connectivity index (χ0) is 21.8. The maximum Gasteiger partial charge on any atom is -0.0116 e. The first-order valence-corrected chi connectivity index (χ1v) is 13.2. The third-order valence-corrected chi connectivity index (χ3v) is 9.65. The van der Waals surface area contributed by atoms with Crippen LogP contribution in [-0.2, 0) is 0 Å². The molecular weight excluding hydrogens is 403 g/mol. The summed E-state index contributed by atoms with van der Waals surface area (Å²) in [5.41, 5.74) is 3.08. The lowest BCUT2D eigenvalue weighted by atomic mass is 9.68. The van der Waals surface area contributed by atoms with Gasteiger partial charge in [0.25, 0.3) is 0 Å². The van der Waals surface area contributed by atoms with Gasteiger partial charge in [-0.25, -0.2) is 0 Å². The zero-order valence-corrected chi connectivity index (χ0v) is 19.7. The standard InChI is InChI=1S/C31H31P/c1-24-28(25-14-5-2-6-15-25)21-13-22-29(24)30-20-11-12-23-31(30)32(26-16-7-3-8-17-26)27-18-9-4-10-19-27/h2-12,14-20,23-24,28-29H,13,21-22H2,1H3/t24-,28?,29?/m0/s1. The lowest BCUT2D eigenvalue weighted by molar-refractivity contribution is 0.285. The molecule has 0 aromatic heterocycles. The van der Waals surface area contributed by atoms with E-state index in [2.05, 4.69) is 122 Å². The Kier molecular flexibility index (Phi) is 6.51. The summed E-state index contributed by atoms with van der Waals surface area (Å²) in [5.74, 6) is 1.88. The Morgan fingerprint density at radius 2 is 1.06 bits per heavy atom. The van der Waals surface area contributed by atoms with Crippen LogP contribution in [-0.4, -0.2) is 0 Å². The molecule has 0 spiro atoms. The molecule has 0 saturated heterocycles. The van der Waals surface area contributed by atoms with Crippen molar-refractivity contribution >= 4 is 23.8 Å². The molecule has 3 atom stereocenters. The van der Waals surface area contributed by atoms with Crippen molar-refractivity contribution in [1.29, 1.82) is 0 Å². The molecular formula is C31H31P. The van der Waals surface area contributed by atoms with Crippen molar-refractivity contribution in [1.82, 2.24) is 0 Å². The molecule has 1 aliphatic carbocycles. The van der Waals surface area contributed by atoms with Gasteiger partial charge in [-0.2, -0.15) is 0 Å². The monoisotopic (exact) mass is 434 g/mol. The van der Waals surface area contributed by atoms with Crippen molar-refractivity contribution in [3.05, 3.63) is 126 Å². The topological polar surface area (TPSA) is 0 Å². The lowest BCUT2D eigenvalue weighted by Gasteiger charge is -2.38. The summed E-state index contributed by atoms with van der Waals surface area (Å²) in [7, 11) is -0.579. The van der Waals surface area contributed by atoms with Gasteiger partial charge in [-0.15, -0.1) is 0 Å². The van der Waals surface area contributed by atoms with E-state index in [9.17, 15) is 0 Å². The lowest BCUT2D eigenvalue weighted by Crippen LogP contribution is -2.29. The number of rotatable bonds is 5. The Morgan fingerprint density at radius 1 is 0.562 bits per heavy atom. The Balaban J connectivity index is 1.58. The van der Waals surface area contributed by atoms with E-state index in [1.165, 1.54) is 40.7 Å². The molecule has 4 aromatic carbocycles. The molecule has 0 bridgehead atoms. The van der Waals surface area contributed by atoms with Gasteiger partial charge >= 0.3 is 0 Å². The molecule has 1 saturated carbocycles. The molecule has 2 unspecified atom stereocenters. The molecule has 0 N–H and O–H groups in total. The van der Waals surface area contributed by atoms with Crippen LogP contribution in [0.1, 0.15) is 49.1 Å². The van der Waals surface area contributed by atoms with Gasteiger partial charge in [-0.3, -0.25) is 0 Å². The molecule has 0 nitrogen and oxygen atoms in total. The predicted octanol–water partition coefficient (Wildman–Crippen LogP) is 7.13. The molecule has 1 heteroatoms. The predicted molar refractivity (Wildman–Crippen MR) is 140 cm³/mol. The van der Waals surface area contributed by atoms with Crippen molar-refractivity contribution in [2.45, 2.75) is 38.0 Å². The van der Waals surface area contributed by atoms with Gasteiger partial charge in [0, 0.05) is 0 Å². The Morgan fingerprint density at radius 3 is 1.69 bits per heavy atom. The van der Waals surface area contributed by atoms with Gasteiger partial charge in [0.2, 0.25) is 0 Å². The maximum absolute atomic E-state index is 2.49. The SMILES string of the molecule is C[C@H]1C(c2ccccc2)CCCC1c1ccccc1P(c1ccccc1)c1ccccc1. The zero-order valence-electron chi connectivity index (χ0n) is 18.8. The summed E-state index contributed by atoms with van der Waals surface area (Å²) in [5, 5.41) is 4.40. The third kappa shape index (κ3) is 4.30. The first-order chi connectivity index (χ1) is 15.8. The molecule has 0 heterocycles. The molecule has 5 rings (SSSR count). The van der Waals surface area contributed by atoms with E-state index in [1.54, 1.807) is 5.56 Å². The van der Waals surface area contributed by atoms with Gasteiger partial charge in [0.05, 0.1) is 0 Å². The van der Waals surface area contributed by atoms with Gasteiger partial charge in [0.15, 0.2) is 0 Å². The van der Waals surface area contributed by atoms with Crippen molar-refractivity contribution in [2.75, 3.05) is 0 Å². The summed E-state index contributed by atoms with van der Waals surface area (Å²) in [6.07, 6.45) is 3.89. The quantitative estimate of drug-likeness (QED) is 0.293. The summed E-state index contributed by atoms with van der Waals surface area (Å²) < 4.78 is 0. The van der Waals surface area contributed by atoms with Gasteiger partial charge in [-0.1, -0.05) is 129 Å². The second-order valence-electron chi connectivity index (χ2n) is 8.98. The molecule has 32 heavy (non-hydrogen) atoms. The first-order valence-electron chi connectivity index (χ1n) is 11.9. The van der Waals surface area contributed by atoms with Crippen LogP contribution in [0.25, 0.3) is 0 Å². The average Bonchev–Trinajstić information content (AvgIpc) is 2.87. The van der Waals surface area contributed by atoms with Crippen LogP contribution in [0.15, 0.2) is 115 Å². The summed E-state index contributed by atoms with van der Waals surface area (Å²) in [6.45, 7) is 2.49. The van der Waals surface area contributed by atoms with E-state index >= 15 is 0 Å². The van der Waals surface area contributed by atoms with Crippen molar-refractivity contribution < 1.29 is 0 Å². The van der Waals surface area contributed by atoms with Crippen molar-refractivity contribution in [3.8, 4) is 0 Å². The number of hydrogen-bond acceptors (Lipinski definition) is 0. The molecule has 160 valence electrons. The van der Waals surface area contributed by atoms with Gasteiger partial charge in [0.1, 0.15) is 0 Å². The second-order valence-corrected chi connectivity index (χ2v) is 11.2. The highest BCUT2D eigenvalue weighted by Gasteiger charge is 2.34.